The summed E-state index contributed by atoms with van der Waals surface area (Å²) >= 11 is 0. The van der Waals surface area contributed by atoms with E-state index in [0.717, 1.165) is 23.2 Å². The predicted molar refractivity (Wildman–Crippen MR) is 133 cm³/mol. The van der Waals surface area contributed by atoms with Crippen LogP contribution in [0.15, 0.2) is 72.8 Å². The first kappa shape index (κ1) is 22.7. The van der Waals surface area contributed by atoms with E-state index < -0.39 is 17.8 Å². The third kappa shape index (κ3) is 4.62. The number of benzene rings is 3. The van der Waals surface area contributed by atoms with Crippen molar-refractivity contribution in [1.82, 2.24) is 0 Å². The first-order valence-corrected chi connectivity index (χ1v) is 11.8. The van der Waals surface area contributed by atoms with Gasteiger partial charge >= 0.3 is 12.0 Å². The molecule has 35 heavy (non-hydrogen) atoms. The summed E-state index contributed by atoms with van der Waals surface area (Å²) in [6, 6.07) is 22.0. The number of anilines is 2. The van der Waals surface area contributed by atoms with E-state index in [-0.39, 0.29) is 11.8 Å². The van der Waals surface area contributed by atoms with Crippen LogP contribution >= 0.6 is 0 Å². The number of fused-ring (bicyclic) bond motifs is 1. The molecule has 0 saturated heterocycles. The highest BCUT2D eigenvalue weighted by Crippen LogP contribution is 2.37. The van der Waals surface area contributed by atoms with Crippen LogP contribution in [-0.4, -0.2) is 36.0 Å². The van der Waals surface area contributed by atoms with Crippen molar-refractivity contribution in [3.8, 4) is 16.9 Å². The SMILES string of the molecule is O=C(O)[C@@H]1CCC[C@H]1C(=O)c1ccc(-c2ccc3c(c2)OCCN3C(=O)Nc2ccccc2)cc1. The molecule has 0 unspecified atom stereocenters. The van der Waals surface area contributed by atoms with Crippen LogP contribution in [-0.2, 0) is 4.79 Å². The van der Waals surface area contributed by atoms with E-state index in [9.17, 15) is 19.5 Å². The van der Waals surface area contributed by atoms with Crippen LogP contribution in [0.4, 0.5) is 16.2 Å². The Morgan fingerprint density at radius 2 is 1.60 bits per heavy atom. The molecule has 1 heterocycles. The van der Waals surface area contributed by atoms with Gasteiger partial charge in [0.15, 0.2) is 5.78 Å². The Kier molecular flexibility index (Phi) is 6.23. The number of nitrogens with zero attached hydrogens (tertiary/aromatic N) is 1. The zero-order valence-electron chi connectivity index (χ0n) is 19.1. The van der Waals surface area contributed by atoms with Crippen molar-refractivity contribution in [3.05, 3.63) is 78.4 Å². The van der Waals surface area contributed by atoms with Gasteiger partial charge in [0.1, 0.15) is 12.4 Å². The predicted octanol–water partition coefficient (Wildman–Crippen LogP) is 5.47. The summed E-state index contributed by atoms with van der Waals surface area (Å²) < 4.78 is 5.85. The Morgan fingerprint density at radius 1 is 0.886 bits per heavy atom. The summed E-state index contributed by atoms with van der Waals surface area (Å²) in [4.78, 5) is 38.9. The van der Waals surface area contributed by atoms with Gasteiger partial charge < -0.3 is 15.2 Å². The van der Waals surface area contributed by atoms with Crippen molar-refractivity contribution in [2.45, 2.75) is 19.3 Å². The monoisotopic (exact) mass is 470 g/mol. The summed E-state index contributed by atoms with van der Waals surface area (Å²) in [5.41, 5.74) is 3.76. The van der Waals surface area contributed by atoms with Gasteiger partial charge in [0.2, 0.25) is 0 Å². The van der Waals surface area contributed by atoms with Gasteiger partial charge in [0.05, 0.1) is 18.2 Å². The second-order valence-corrected chi connectivity index (χ2v) is 8.90. The van der Waals surface area contributed by atoms with Crippen LogP contribution in [0.2, 0.25) is 0 Å². The summed E-state index contributed by atoms with van der Waals surface area (Å²) in [5.74, 6) is -1.42. The minimum atomic E-state index is -0.891. The minimum absolute atomic E-state index is 0.102. The van der Waals surface area contributed by atoms with Crippen molar-refractivity contribution >= 4 is 29.2 Å². The van der Waals surface area contributed by atoms with Crippen molar-refractivity contribution in [2.24, 2.45) is 11.8 Å². The summed E-state index contributed by atoms with van der Waals surface area (Å²) in [6.07, 6.45) is 1.94. The molecule has 1 aliphatic heterocycles. The molecule has 2 amide bonds. The number of hydrogen-bond donors (Lipinski definition) is 2. The molecule has 0 radical (unpaired) electrons. The highest BCUT2D eigenvalue weighted by atomic mass is 16.5. The van der Waals surface area contributed by atoms with Crippen LogP contribution in [0.3, 0.4) is 0 Å². The number of hydrogen-bond acceptors (Lipinski definition) is 4. The van der Waals surface area contributed by atoms with E-state index in [1.165, 1.54) is 0 Å². The second-order valence-electron chi connectivity index (χ2n) is 8.90. The molecule has 2 N–H and O–H groups in total. The number of nitrogens with one attached hydrogen (secondary N) is 1. The number of carbonyl (C=O) groups is 3. The molecule has 3 aromatic carbocycles. The number of carbonyl (C=O) groups excluding carboxylic acids is 2. The van der Waals surface area contributed by atoms with Gasteiger partial charge in [0, 0.05) is 17.2 Å². The Hall–Kier alpha value is -4.13. The lowest BCUT2D eigenvalue weighted by atomic mass is 9.88. The lowest BCUT2D eigenvalue weighted by Crippen LogP contribution is -2.40. The normalized spacial score (nSPS) is 18.9. The molecule has 1 fully saturated rings. The minimum Gasteiger partial charge on any atom is -0.490 e. The van der Waals surface area contributed by atoms with Gasteiger partial charge in [-0.05, 0) is 48.2 Å². The third-order valence-electron chi connectivity index (χ3n) is 6.77. The summed E-state index contributed by atoms with van der Waals surface area (Å²) in [5, 5.41) is 12.3. The van der Waals surface area contributed by atoms with Crippen molar-refractivity contribution in [3.63, 3.8) is 0 Å². The van der Waals surface area contributed by atoms with Gasteiger partial charge in [-0.1, -0.05) is 55.0 Å². The van der Waals surface area contributed by atoms with Crippen molar-refractivity contribution in [1.29, 1.82) is 0 Å². The van der Waals surface area contributed by atoms with Crippen LogP contribution < -0.4 is 15.0 Å². The fraction of sp³-hybridized carbons (Fsp3) is 0.250. The average molecular weight is 471 g/mol. The molecule has 0 bridgehead atoms. The molecule has 1 saturated carbocycles. The molecule has 5 rings (SSSR count). The molecule has 7 heteroatoms. The van der Waals surface area contributed by atoms with Crippen molar-refractivity contribution < 1.29 is 24.2 Å². The summed E-state index contributed by atoms with van der Waals surface area (Å²) in [6.45, 7) is 0.832. The van der Waals surface area contributed by atoms with Gasteiger partial charge in [-0.15, -0.1) is 0 Å². The summed E-state index contributed by atoms with van der Waals surface area (Å²) in [7, 11) is 0. The smallest absolute Gasteiger partial charge is 0.326 e. The zero-order valence-corrected chi connectivity index (χ0v) is 19.1. The second kappa shape index (κ2) is 9.62. The fourth-order valence-corrected chi connectivity index (χ4v) is 4.93. The van der Waals surface area contributed by atoms with Crippen LogP contribution in [0.1, 0.15) is 29.6 Å². The topological polar surface area (TPSA) is 95.9 Å². The maximum Gasteiger partial charge on any atom is 0.326 e. The number of ketones is 1. The van der Waals surface area contributed by atoms with Crippen LogP contribution in [0, 0.1) is 11.8 Å². The van der Waals surface area contributed by atoms with E-state index in [1.807, 2.05) is 60.7 Å². The quantitative estimate of drug-likeness (QED) is 0.482. The number of Topliss-reactive ketones (excluding diaryl/α,β-unsaturated/α-hetero) is 1. The number of amides is 2. The van der Waals surface area contributed by atoms with E-state index in [1.54, 1.807) is 17.0 Å². The van der Waals surface area contributed by atoms with Crippen LogP contribution in [0.25, 0.3) is 11.1 Å². The molecule has 178 valence electrons. The number of aliphatic carboxylic acids is 1. The first-order valence-electron chi connectivity index (χ1n) is 11.8. The fourth-order valence-electron chi connectivity index (χ4n) is 4.93. The molecule has 2 aliphatic rings. The Morgan fingerprint density at radius 3 is 2.34 bits per heavy atom. The molecule has 3 aromatic rings. The molecular formula is C28H26N2O5. The average Bonchev–Trinajstić information content (AvgIpc) is 3.39. The number of urea groups is 1. The number of ether oxygens (including phenoxy) is 1. The maximum atomic E-state index is 12.9. The Bertz CT molecular complexity index is 1260. The molecular weight excluding hydrogens is 444 g/mol. The van der Waals surface area contributed by atoms with Crippen molar-refractivity contribution in [2.75, 3.05) is 23.4 Å². The van der Waals surface area contributed by atoms with Gasteiger partial charge in [0.25, 0.3) is 0 Å². The Balaban J connectivity index is 1.33. The van der Waals surface area contributed by atoms with E-state index >= 15 is 0 Å². The molecule has 0 spiro atoms. The highest BCUT2D eigenvalue weighted by Gasteiger charge is 2.38. The zero-order chi connectivity index (χ0) is 24.4. The van der Waals surface area contributed by atoms with Gasteiger partial charge in [-0.2, -0.15) is 0 Å². The highest BCUT2D eigenvalue weighted by molar-refractivity contribution is 6.03. The van der Waals surface area contributed by atoms with Gasteiger partial charge in [-0.25, -0.2) is 4.79 Å². The number of carboxylic acids is 1. The molecule has 7 nitrogen and oxygen atoms in total. The lowest BCUT2D eigenvalue weighted by Gasteiger charge is -2.30. The maximum absolute atomic E-state index is 12.9. The first-order chi connectivity index (χ1) is 17.0. The Labute approximate surface area is 203 Å². The standard InChI is InChI=1S/C28H26N2O5/c31-26(22-7-4-8-23(22)27(32)33)19-11-9-18(10-12-19)20-13-14-24-25(17-20)35-16-15-30(24)28(34)29-21-5-2-1-3-6-21/h1-3,5-6,9-14,17,22-23H,4,7-8,15-16H2,(H,29,34)(H,32,33)/t22-,23-/m1/s1. The van der Waals surface area contributed by atoms with Crippen LogP contribution in [0.5, 0.6) is 5.75 Å². The largest absolute Gasteiger partial charge is 0.490 e. The third-order valence-corrected chi connectivity index (χ3v) is 6.77. The number of para-hydroxylation sites is 1. The molecule has 1 aliphatic carbocycles. The number of carboxylic acid groups (broad SMARTS) is 1. The molecule has 0 aromatic heterocycles. The van der Waals surface area contributed by atoms with E-state index in [0.29, 0.717) is 43.0 Å². The molecule has 2 atom stereocenters. The number of rotatable bonds is 5. The lowest BCUT2D eigenvalue weighted by molar-refractivity contribution is -0.142. The van der Waals surface area contributed by atoms with E-state index in [4.69, 9.17) is 4.74 Å². The van der Waals surface area contributed by atoms with Gasteiger partial charge in [-0.3, -0.25) is 14.5 Å². The van der Waals surface area contributed by atoms with E-state index in [2.05, 4.69) is 5.32 Å².